The van der Waals surface area contributed by atoms with Crippen LogP contribution < -0.4 is 0 Å². The zero-order valence-corrected chi connectivity index (χ0v) is 16.8. The fourth-order valence-electron chi connectivity index (χ4n) is 4.80. The van der Waals surface area contributed by atoms with Crippen LogP contribution in [0.1, 0.15) is 29.9 Å². The molecule has 1 aliphatic carbocycles. The summed E-state index contributed by atoms with van der Waals surface area (Å²) in [6.07, 6.45) is 4.60. The van der Waals surface area contributed by atoms with Gasteiger partial charge in [-0.3, -0.25) is 4.68 Å². The van der Waals surface area contributed by atoms with E-state index in [-0.39, 0.29) is 18.6 Å². The molecule has 30 heavy (non-hydrogen) atoms. The number of hydrogen-bond acceptors (Lipinski definition) is 4. The summed E-state index contributed by atoms with van der Waals surface area (Å²) in [7, 11) is 0. The highest BCUT2D eigenvalue weighted by Gasteiger charge is 2.38. The van der Waals surface area contributed by atoms with E-state index in [9.17, 15) is 9.90 Å². The van der Waals surface area contributed by atoms with Crippen molar-refractivity contribution in [2.75, 3.05) is 26.3 Å². The van der Waals surface area contributed by atoms with Crippen LogP contribution in [0.5, 0.6) is 0 Å². The highest BCUT2D eigenvalue weighted by Crippen LogP contribution is 2.44. The van der Waals surface area contributed by atoms with Gasteiger partial charge in [0.1, 0.15) is 6.61 Å². The van der Waals surface area contributed by atoms with Crippen molar-refractivity contribution in [2.24, 2.45) is 0 Å². The van der Waals surface area contributed by atoms with Crippen LogP contribution in [0.2, 0.25) is 0 Å². The Labute approximate surface area is 175 Å². The predicted octanol–water partition coefficient (Wildman–Crippen LogP) is 3.62. The molecule has 1 saturated heterocycles. The largest absolute Gasteiger partial charge is 0.448 e. The van der Waals surface area contributed by atoms with Crippen LogP contribution in [0, 0.1) is 0 Å². The van der Waals surface area contributed by atoms with Crippen molar-refractivity contribution in [3.8, 4) is 11.1 Å². The fraction of sp³-hybridized carbons (Fsp3) is 0.333. The Morgan fingerprint density at radius 3 is 2.23 bits per heavy atom. The van der Waals surface area contributed by atoms with E-state index in [4.69, 9.17) is 4.74 Å². The Morgan fingerprint density at radius 2 is 1.67 bits per heavy atom. The summed E-state index contributed by atoms with van der Waals surface area (Å²) in [4.78, 5) is 14.5. The minimum Gasteiger partial charge on any atom is -0.448 e. The molecular formula is C24H25N3O3. The number of aromatic nitrogens is 2. The second-order valence-electron chi connectivity index (χ2n) is 8.12. The third kappa shape index (κ3) is 3.08. The van der Waals surface area contributed by atoms with Crippen LogP contribution in [0.15, 0.2) is 67.0 Å². The van der Waals surface area contributed by atoms with Crippen LogP contribution in [-0.2, 0) is 10.3 Å². The Morgan fingerprint density at radius 1 is 1.03 bits per heavy atom. The molecule has 6 heteroatoms. The summed E-state index contributed by atoms with van der Waals surface area (Å²) in [6, 6.07) is 18.5. The summed E-state index contributed by atoms with van der Waals surface area (Å²) in [5, 5.41) is 14.3. The first kappa shape index (κ1) is 18.9. The quantitative estimate of drug-likeness (QED) is 0.723. The molecule has 0 bridgehead atoms. The lowest BCUT2D eigenvalue weighted by Crippen LogP contribution is -2.50. The molecule has 154 valence electrons. The number of nitrogens with zero attached hydrogens (tertiary/aromatic N) is 3. The maximum Gasteiger partial charge on any atom is 0.409 e. The SMILES string of the molecule is O=C(OCC1c2ccccc2-c2ccccc21)N1CCC(CO)(n2cccn2)CC1. The average molecular weight is 403 g/mol. The third-order valence-electron chi connectivity index (χ3n) is 6.57. The van der Waals surface area contributed by atoms with Crippen LogP contribution >= 0.6 is 0 Å². The van der Waals surface area contributed by atoms with E-state index in [1.54, 1.807) is 11.1 Å². The number of amides is 1. The van der Waals surface area contributed by atoms with E-state index in [0.29, 0.717) is 32.5 Å². The van der Waals surface area contributed by atoms with Gasteiger partial charge in [0.25, 0.3) is 0 Å². The van der Waals surface area contributed by atoms with Crippen molar-refractivity contribution in [1.29, 1.82) is 0 Å². The van der Waals surface area contributed by atoms with Crippen molar-refractivity contribution in [3.63, 3.8) is 0 Å². The number of aliphatic hydroxyl groups excluding tert-OH is 1. The standard InChI is InChI=1S/C24H25N3O3/c28-17-24(27-13-5-12-25-27)10-14-26(15-11-24)23(29)30-16-22-20-8-3-1-6-18(20)19-7-2-4-9-21(19)22/h1-9,12-13,22,28H,10-11,14-17H2. The van der Waals surface area contributed by atoms with Gasteiger partial charge in [-0.15, -0.1) is 0 Å². The smallest absolute Gasteiger partial charge is 0.409 e. The monoisotopic (exact) mass is 403 g/mol. The molecule has 0 radical (unpaired) electrons. The molecule has 2 aliphatic rings. The summed E-state index contributed by atoms with van der Waals surface area (Å²) in [5.74, 6) is 0.0618. The second kappa shape index (κ2) is 7.61. The van der Waals surface area contributed by atoms with E-state index in [0.717, 1.165) is 0 Å². The number of rotatable bonds is 4. The summed E-state index contributed by atoms with van der Waals surface area (Å²) >= 11 is 0. The number of ether oxygens (including phenoxy) is 1. The Kier molecular flexibility index (Phi) is 4.79. The lowest BCUT2D eigenvalue weighted by Gasteiger charge is -2.40. The molecule has 0 atom stereocenters. The summed E-state index contributed by atoms with van der Waals surface area (Å²) < 4.78 is 7.60. The molecule has 5 rings (SSSR count). The van der Waals surface area contributed by atoms with Gasteiger partial charge >= 0.3 is 6.09 Å². The highest BCUT2D eigenvalue weighted by molar-refractivity contribution is 5.79. The molecule has 1 N–H and O–H groups in total. The Bertz CT molecular complexity index is 994. The summed E-state index contributed by atoms with van der Waals surface area (Å²) in [5.41, 5.74) is 4.42. The van der Waals surface area contributed by atoms with Crippen molar-refractivity contribution in [1.82, 2.24) is 14.7 Å². The number of piperidine rings is 1. The molecule has 1 amide bonds. The van der Waals surface area contributed by atoms with E-state index in [1.165, 1.54) is 22.3 Å². The van der Waals surface area contributed by atoms with E-state index < -0.39 is 5.54 Å². The maximum atomic E-state index is 12.8. The van der Waals surface area contributed by atoms with Crippen molar-refractivity contribution < 1.29 is 14.6 Å². The van der Waals surface area contributed by atoms with Gasteiger partial charge < -0.3 is 14.7 Å². The zero-order chi connectivity index (χ0) is 20.6. The molecular weight excluding hydrogens is 378 g/mol. The van der Waals surface area contributed by atoms with Crippen molar-refractivity contribution in [3.05, 3.63) is 78.1 Å². The van der Waals surface area contributed by atoms with Gasteiger partial charge in [0.15, 0.2) is 0 Å². The Balaban J connectivity index is 1.25. The van der Waals surface area contributed by atoms with Gasteiger partial charge in [0, 0.05) is 31.4 Å². The Hall–Kier alpha value is -3.12. The number of benzene rings is 2. The zero-order valence-electron chi connectivity index (χ0n) is 16.8. The lowest BCUT2D eigenvalue weighted by molar-refractivity contribution is 0.0332. The van der Waals surface area contributed by atoms with Gasteiger partial charge in [-0.1, -0.05) is 48.5 Å². The number of aliphatic hydroxyl groups is 1. The number of fused-ring (bicyclic) bond motifs is 3. The average Bonchev–Trinajstić information content (AvgIpc) is 3.45. The molecule has 1 aromatic heterocycles. The fourth-order valence-corrected chi connectivity index (χ4v) is 4.80. The van der Waals surface area contributed by atoms with Gasteiger partial charge in [0.05, 0.1) is 12.1 Å². The maximum absolute atomic E-state index is 12.8. The molecule has 0 saturated carbocycles. The van der Waals surface area contributed by atoms with Gasteiger partial charge in [-0.2, -0.15) is 5.10 Å². The van der Waals surface area contributed by atoms with Crippen LogP contribution in [-0.4, -0.2) is 52.2 Å². The molecule has 3 aromatic rings. The molecule has 1 aliphatic heterocycles. The molecule has 0 unspecified atom stereocenters. The molecule has 0 spiro atoms. The first-order valence-electron chi connectivity index (χ1n) is 10.4. The van der Waals surface area contributed by atoms with Gasteiger partial charge in [0.2, 0.25) is 0 Å². The second-order valence-corrected chi connectivity index (χ2v) is 8.12. The first-order valence-corrected chi connectivity index (χ1v) is 10.4. The minimum atomic E-state index is -0.441. The minimum absolute atomic E-state index is 0.00715. The number of likely N-dealkylation sites (tertiary alicyclic amines) is 1. The van der Waals surface area contributed by atoms with E-state index in [2.05, 4.69) is 29.4 Å². The van der Waals surface area contributed by atoms with E-state index >= 15 is 0 Å². The molecule has 1 fully saturated rings. The molecule has 2 heterocycles. The molecule has 2 aromatic carbocycles. The number of carbonyl (C=O) groups is 1. The number of hydrogen-bond donors (Lipinski definition) is 1. The molecule has 6 nitrogen and oxygen atoms in total. The first-order chi connectivity index (χ1) is 14.7. The van der Waals surface area contributed by atoms with Gasteiger partial charge in [-0.25, -0.2) is 4.79 Å². The van der Waals surface area contributed by atoms with Crippen molar-refractivity contribution >= 4 is 6.09 Å². The van der Waals surface area contributed by atoms with E-state index in [1.807, 2.05) is 41.2 Å². The lowest BCUT2D eigenvalue weighted by atomic mass is 9.88. The summed E-state index contributed by atoms with van der Waals surface area (Å²) in [6.45, 7) is 1.41. The number of carbonyl (C=O) groups excluding carboxylic acids is 1. The predicted molar refractivity (Wildman–Crippen MR) is 113 cm³/mol. The normalized spacial score (nSPS) is 17.4. The van der Waals surface area contributed by atoms with Crippen LogP contribution in [0.4, 0.5) is 4.79 Å². The topological polar surface area (TPSA) is 67.6 Å². The van der Waals surface area contributed by atoms with Crippen LogP contribution in [0.3, 0.4) is 0 Å². The van der Waals surface area contributed by atoms with Gasteiger partial charge in [-0.05, 0) is 41.2 Å². The highest BCUT2D eigenvalue weighted by atomic mass is 16.6. The van der Waals surface area contributed by atoms with Crippen LogP contribution in [0.25, 0.3) is 11.1 Å². The third-order valence-corrected chi connectivity index (χ3v) is 6.57. The van der Waals surface area contributed by atoms with Crippen molar-refractivity contribution in [2.45, 2.75) is 24.3 Å².